The number of benzene rings is 1. The number of guanidine groups is 1. The molecule has 1 heterocycles. The number of nitrogens with zero attached hydrogens (tertiary/aromatic N) is 2. The SMILES string of the molecule is COc1ccccc1OC(C)CN=C(N)N1CCCC(C)C1.I. The lowest BCUT2D eigenvalue weighted by Gasteiger charge is -2.31. The summed E-state index contributed by atoms with van der Waals surface area (Å²) in [4.78, 5) is 6.66. The van der Waals surface area contributed by atoms with Crippen LogP contribution in [0, 0.1) is 5.92 Å². The smallest absolute Gasteiger partial charge is 0.191 e. The molecule has 1 saturated heterocycles. The highest BCUT2D eigenvalue weighted by Gasteiger charge is 2.18. The molecular formula is C17H28IN3O2. The van der Waals surface area contributed by atoms with Gasteiger partial charge < -0.3 is 20.1 Å². The zero-order valence-corrected chi connectivity index (χ0v) is 16.5. The van der Waals surface area contributed by atoms with Gasteiger partial charge in [-0.25, -0.2) is 4.99 Å². The zero-order valence-electron chi connectivity index (χ0n) is 14.2. The lowest BCUT2D eigenvalue weighted by molar-refractivity contribution is 0.217. The highest BCUT2D eigenvalue weighted by Crippen LogP contribution is 2.26. The topological polar surface area (TPSA) is 60.1 Å². The average molecular weight is 433 g/mol. The van der Waals surface area contributed by atoms with E-state index in [1.165, 1.54) is 12.8 Å². The van der Waals surface area contributed by atoms with Crippen molar-refractivity contribution in [3.8, 4) is 11.5 Å². The first-order valence-electron chi connectivity index (χ1n) is 7.94. The van der Waals surface area contributed by atoms with Crippen LogP contribution in [0.25, 0.3) is 0 Å². The van der Waals surface area contributed by atoms with Crippen molar-refractivity contribution in [3.05, 3.63) is 24.3 Å². The van der Waals surface area contributed by atoms with E-state index in [9.17, 15) is 0 Å². The van der Waals surface area contributed by atoms with Gasteiger partial charge in [0.25, 0.3) is 0 Å². The molecule has 0 radical (unpaired) electrons. The number of piperidine rings is 1. The van der Waals surface area contributed by atoms with E-state index in [2.05, 4.69) is 16.8 Å². The van der Waals surface area contributed by atoms with Gasteiger partial charge in [0.15, 0.2) is 17.5 Å². The molecule has 2 unspecified atom stereocenters. The number of likely N-dealkylation sites (tertiary alicyclic amines) is 1. The third kappa shape index (κ3) is 6.08. The number of hydrogen-bond acceptors (Lipinski definition) is 3. The van der Waals surface area contributed by atoms with Crippen LogP contribution in [0.2, 0.25) is 0 Å². The van der Waals surface area contributed by atoms with Crippen LogP contribution in [0.3, 0.4) is 0 Å². The van der Waals surface area contributed by atoms with Gasteiger partial charge in [0.05, 0.1) is 13.7 Å². The number of nitrogens with two attached hydrogens (primary N) is 1. The third-order valence-electron chi connectivity index (χ3n) is 3.89. The molecule has 2 rings (SSSR count). The first kappa shape index (κ1) is 19.9. The molecule has 0 aliphatic carbocycles. The lowest BCUT2D eigenvalue weighted by Crippen LogP contribution is -2.43. The molecular weight excluding hydrogens is 405 g/mol. The Morgan fingerprint density at radius 3 is 2.74 bits per heavy atom. The summed E-state index contributed by atoms with van der Waals surface area (Å²) in [6.07, 6.45) is 2.40. The van der Waals surface area contributed by atoms with Crippen LogP contribution in [0.1, 0.15) is 26.7 Å². The Morgan fingerprint density at radius 1 is 1.39 bits per heavy atom. The second-order valence-electron chi connectivity index (χ2n) is 5.97. The monoisotopic (exact) mass is 433 g/mol. The van der Waals surface area contributed by atoms with E-state index in [-0.39, 0.29) is 30.1 Å². The summed E-state index contributed by atoms with van der Waals surface area (Å²) in [5.74, 6) is 2.78. The predicted octanol–water partition coefficient (Wildman–Crippen LogP) is 3.13. The Kier molecular flexibility index (Phi) is 8.51. The molecule has 0 aromatic heterocycles. The van der Waals surface area contributed by atoms with Gasteiger partial charge in [-0.15, -0.1) is 24.0 Å². The van der Waals surface area contributed by atoms with Gasteiger partial charge in [-0.1, -0.05) is 19.1 Å². The van der Waals surface area contributed by atoms with E-state index < -0.39 is 0 Å². The van der Waals surface area contributed by atoms with Crippen molar-refractivity contribution in [2.75, 3.05) is 26.7 Å². The number of ether oxygens (including phenoxy) is 2. The number of hydrogen-bond donors (Lipinski definition) is 1. The maximum Gasteiger partial charge on any atom is 0.191 e. The molecule has 6 heteroatoms. The summed E-state index contributed by atoms with van der Waals surface area (Å²) >= 11 is 0. The van der Waals surface area contributed by atoms with Gasteiger partial charge in [-0.3, -0.25) is 0 Å². The predicted molar refractivity (Wildman–Crippen MR) is 105 cm³/mol. The Labute approximate surface area is 156 Å². The van der Waals surface area contributed by atoms with E-state index in [1.807, 2.05) is 31.2 Å². The van der Waals surface area contributed by atoms with Crippen molar-refractivity contribution in [2.24, 2.45) is 16.6 Å². The summed E-state index contributed by atoms with van der Waals surface area (Å²) < 4.78 is 11.2. The maximum absolute atomic E-state index is 6.10. The quantitative estimate of drug-likeness (QED) is 0.441. The second kappa shape index (κ2) is 9.85. The van der Waals surface area contributed by atoms with E-state index in [1.54, 1.807) is 7.11 Å². The third-order valence-corrected chi connectivity index (χ3v) is 3.89. The molecule has 23 heavy (non-hydrogen) atoms. The van der Waals surface area contributed by atoms with Gasteiger partial charge in [0.2, 0.25) is 0 Å². The molecule has 1 fully saturated rings. The summed E-state index contributed by atoms with van der Waals surface area (Å²) in [5.41, 5.74) is 6.10. The number of para-hydroxylation sites is 2. The van der Waals surface area contributed by atoms with Crippen molar-refractivity contribution < 1.29 is 9.47 Å². The molecule has 0 spiro atoms. The molecule has 130 valence electrons. The maximum atomic E-state index is 6.10. The second-order valence-corrected chi connectivity index (χ2v) is 5.97. The van der Waals surface area contributed by atoms with Gasteiger partial charge in [-0.05, 0) is 37.8 Å². The number of aliphatic imine (C=N–C) groups is 1. The van der Waals surface area contributed by atoms with Gasteiger partial charge in [-0.2, -0.15) is 0 Å². The molecule has 0 saturated carbocycles. The fourth-order valence-corrected chi connectivity index (χ4v) is 2.69. The van der Waals surface area contributed by atoms with E-state index in [0.29, 0.717) is 18.4 Å². The summed E-state index contributed by atoms with van der Waals surface area (Å²) in [5, 5.41) is 0. The first-order chi connectivity index (χ1) is 10.6. The van der Waals surface area contributed by atoms with E-state index in [0.717, 1.165) is 24.6 Å². The van der Waals surface area contributed by atoms with E-state index in [4.69, 9.17) is 15.2 Å². The normalized spacial score (nSPS) is 19.7. The number of rotatable bonds is 5. The molecule has 1 aromatic carbocycles. The van der Waals surface area contributed by atoms with Crippen LogP contribution >= 0.6 is 24.0 Å². The molecule has 1 aliphatic heterocycles. The largest absolute Gasteiger partial charge is 0.493 e. The van der Waals surface area contributed by atoms with E-state index >= 15 is 0 Å². The Hall–Kier alpha value is -1.18. The first-order valence-corrected chi connectivity index (χ1v) is 7.94. The Bertz CT molecular complexity index is 510. The van der Waals surface area contributed by atoms with Crippen LogP contribution in [0.4, 0.5) is 0 Å². The standard InChI is InChI=1S/C17H27N3O2.HI/c1-13-7-6-10-20(12-13)17(18)19-11-14(2)22-16-9-5-4-8-15(16)21-3;/h4-5,8-9,13-14H,6-7,10-12H2,1-3H3,(H2,18,19);1H. The summed E-state index contributed by atoms with van der Waals surface area (Å²) in [6, 6.07) is 7.63. The summed E-state index contributed by atoms with van der Waals surface area (Å²) in [6.45, 7) is 6.78. The van der Waals surface area contributed by atoms with Crippen molar-refractivity contribution in [3.63, 3.8) is 0 Å². The lowest BCUT2D eigenvalue weighted by atomic mass is 10.0. The highest BCUT2D eigenvalue weighted by atomic mass is 127. The van der Waals surface area contributed by atoms with Gasteiger partial charge >= 0.3 is 0 Å². The molecule has 5 nitrogen and oxygen atoms in total. The fourth-order valence-electron chi connectivity index (χ4n) is 2.69. The van der Waals surface area contributed by atoms with Crippen LogP contribution in [-0.2, 0) is 0 Å². The molecule has 1 aliphatic rings. The van der Waals surface area contributed by atoms with Crippen molar-refractivity contribution >= 4 is 29.9 Å². The van der Waals surface area contributed by atoms with Crippen LogP contribution in [-0.4, -0.2) is 43.7 Å². The molecule has 1 aromatic rings. The minimum absolute atomic E-state index is 0. The summed E-state index contributed by atoms with van der Waals surface area (Å²) in [7, 11) is 1.64. The number of halogens is 1. The number of methoxy groups -OCH3 is 1. The highest BCUT2D eigenvalue weighted by molar-refractivity contribution is 14.0. The minimum atomic E-state index is -0.0583. The van der Waals surface area contributed by atoms with Crippen LogP contribution in [0.15, 0.2) is 29.3 Å². The van der Waals surface area contributed by atoms with Crippen molar-refractivity contribution in [1.29, 1.82) is 0 Å². The molecule has 0 bridgehead atoms. The van der Waals surface area contributed by atoms with Crippen molar-refractivity contribution in [1.82, 2.24) is 4.90 Å². The van der Waals surface area contributed by atoms with Crippen LogP contribution < -0.4 is 15.2 Å². The average Bonchev–Trinajstić information content (AvgIpc) is 2.53. The molecule has 2 N–H and O–H groups in total. The fraction of sp³-hybridized carbons (Fsp3) is 0.588. The van der Waals surface area contributed by atoms with Gasteiger partial charge in [0, 0.05) is 13.1 Å². The zero-order chi connectivity index (χ0) is 15.9. The minimum Gasteiger partial charge on any atom is -0.493 e. The van der Waals surface area contributed by atoms with Crippen molar-refractivity contribution in [2.45, 2.75) is 32.8 Å². The molecule has 2 atom stereocenters. The Morgan fingerprint density at radius 2 is 2.09 bits per heavy atom. The van der Waals surface area contributed by atoms with Crippen LogP contribution in [0.5, 0.6) is 11.5 Å². The Balaban J connectivity index is 0.00000264. The van der Waals surface area contributed by atoms with Gasteiger partial charge in [0.1, 0.15) is 6.10 Å². The molecule has 0 amide bonds.